The highest BCUT2D eigenvalue weighted by molar-refractivity contribution is 8.01. The number of benzene rings is 2. The number of hydrogen-bond donors (Lipinski definition) is 2. The summed E-state index contributed by atoms with van der Waals surface area (Å²) in [6.07, 6.45) is 0. The monoisotopic (exact) mass is 376 g/mol. The molecule has 2 rings (SSSR count). The van der Waals surface area contributed by atoms with Gasteiger partial charge in [-0.15, -0.1) is 11.8 Å². The summed E-state index contributed by atoms with van der Waals surface area (Å²) < 4.78 is 0. The summed E-state index contributed by atoms with van der Waals surface area (Å²) in [7, 11) is 0. The van der Waals surface area contributed by atoms with Crippen molar-refractivity contribution in [1.82, 2.24) is 0 Å². The predicted molar refractivity (Wildman–Crippen MR) is 107 cm³/mol. The highest BCUT2D eigenvalue weighted by atomic mass is 35.5. The quantitative estimate of drug-likeness (QED) is 0.771. The van der Waals surface area contributed by atoms with E-state index in [0.717, 1.165) is 22.5 Å². The molecule has 0 fully saturated rings. The van der Waals surface area contributed by atoms with Gasteiger partial charge in [-0.05, 0) is 56.7 Å². The second-order valence-electron chi connectivity index (χ2n) is 5.82. The molecule has 0 radical (unpaired) electrons. The maximum absolute atomic E-state index is 12.3. The van der Waals surface area contributed by atoms with E-state index in [2.05, 4.69) is 10.6 Å². The molecule has 0 heterocycles. The molecule has 25 heavy (non-hydrogen) atoms. The molecule has 2 aromatic rings. The van der Waals surface area contributed by atoms with Gasteiger partial charge in [-0.1, -0.05) is 29.3 Å². The smallest absolute Gasteiger partial charge is 0.237 e. The van der Waals surface area contributed by atoms with E-state index in [1.54, 1.807) is 25.1 Å². The third kappa shape index (κ3) is 6.11. The Balaban J connectivity index is 1.82. The van der Waals surface area contributed by atoms with E-state index in [9.17, 15) is 9.59 Å². The van der Waals surface area contributed by atoms with Gasteiger partial charge in [-0.3, -0.25) is 9.59 Å². The molecule has 0 spiro atoms. The van der Waals surface area contributed by atoms with Crippen LogP contribution in [0.15, 0.2) is 42.5 Å². The highest BCUT2D eigenvalue weighted by Crippen LogP contribution is 2.21. The average molecular weight is 377 g/mol. The number of anilines is 2. The summed E-state index contributed by atoms with van der Waals surface area (Å²) in [6, 6.07) is 12.9. The molecule has 0 saturated carbocycles. The summed E-state index contributed by atoms with van der Waals surface area (Å²) in [5.41, 5.74) is 3.52. The van der Waals surface area contributed by atoms with Gasteiger partial charge in [0.2, 0.25) is 11.8 Å². The van der Waals surface area contributed by atoms with Crippen LogP contribution in [-0.4, -0.2) is 22.8 Å². The number of nitrogens with one attached hydrogen (secondary N) is 2. The van der Waals surface area contributed by atoms with E-state index < -0.39 is 0 Å². The molecular weight excluding hydrogens is 356 g/mol. The first-order chi connectivity index (χ1) is 11.8. The summed E-state index contributed by atoms with van der Waals surface area (Å²) in [5.74, 6) is -0.0584. The number of thioether (sulfide) groups is 1. The van der Waals surface area contributed by atoms with Crippen molar-refractivity contribution in [3.05, 3.63) is 58.6 Å². The Morgan fingerprint density at radius 2 is 1.76 bits per heavy atom. The Morgan fingerprint density at radius 1 is 1.08 bits per heavy atom. The number of carbonyl (C=O) groups excluding carboxylic acids is 2. The van der Waals surface area contributed by atoms with Crippen LogP contribution in [0.4, 0.5) is 11.4 Å². The van der Waals surface area contributed by atoms with Gasteiger partial charge in [0, 0.05) is 16.4 Å². The van der Waals surface area contributed by atoms with Gasteiger partial charge >= 0.3 is 0 Å². The van der Waals surface area contributed by atoms with Gasteiger partial charge in [0.1, 0.15) is 0 Å². The van der Waals surface area contributed by atoms with E-state index in [-0.39, 0.29) is 22.8 Å². The minimum absolute atomic E-state index is 0.129. The third-order valence-corrected chi connectivity index (χ3v) is 4.99. The molecule has 0 saturated heterocycles. The van der Waals surface area contributed by atoms with Crippen LogP contribution in [-0.2, 0) is 9.59 Å². The molecule has 1 atom stereocenters. The lowest BCUT2D eigenvalue weighted by molar-refractivity contribution is -0.115. The molecule has 2 aromatic carbocycles. The van der Waals surface area contributed by atoms with E-state index >= 15 is 0 Å². The lowest BCUT2D eigenvalue weighted by Crippen LogP contribution is -2.25. The zero-order valence-electron chi connectivity index (χ0n) is 14.4. The lowest BCUT2D eigenvalue weighted by Gasteiger charge is -2.14. The first kappa shape index (κ1) is 19.3. The normalized spacial score (nSPS) is 11.7. The summed E-state index contributed by atoms with van der Waals surface area (Å²) in [5, 5.41) is 5.97. The molecule has 0 unspecified atom stereocenters. The van der Waals surface area contributed by atoms with Crippen LogP contribution in [0.25, 0.3) is 0 Å². The van der Waals surface area contributed by atoms with Crippen molar-refractivity contribution in [2.24, 2.45) is 0 Å². The summed E-state index contributed by atoms with van der Waals surface area (Å²) in [4.78, 5) is 24.3. The van der Waals surface area contributed by atoms with Gasteiger partial charge < -0.3 is 10.6 Å². The second-order valence-corrected chi connectivity index (χ2v) is 7.58. The highest BCUT2D eigenvalue weighted by Gasteiger charge is 2.16. The molecule has 6 heteroatoms. The number of rotatable bonds is 6. The van der Waals surface area contributed by atoms with Crippen molar-refractivity contribution in [3.63, 3.8) is 0 Å². The topological polar surface area (TPSA) is 58.2 Å². The minimum atomic E-state index is -0.348. The number of carbonyl (C=O) groups is 2. The largest absolute Gasteiger partial charge is 0.325 e. The van der Waals surface area contributed by atoms with Crippen LogP contribution >= 0.6 is 23.4 Å². The molecule has 0 aliphatic rings. The average Bonchev–Trinajstić information content (AvgIpc) is 2.57. The molecule has 0 aromatic heterocycles. The molecule has 0 bridgehead atoms. The molecule has 132 valence electrons. The zero-order chi connectivity index (χ0) is 18.4. The van der Waals surface area contributed by atoms with Crippen LogP contribution in [0.2, 0.25) is 5.02 Å². The van der Waals surface area contributed by atoms with Crippen molar-refractivity contribution in [3.8, 4) is 0 Å². The summed E-state index contributed by atoms with van der Waals surface area (Å²) >= 11 is 7.21. The number of amides is 2. The van der Waals surface area contributed by atoms with Gasteiger partial charge in [-0.25, -0.2) is 0 Å². The Morgan fingerprint density at radius 3 is 2.40 bits per heavy atom. The molecule has 2 amide bonds. The Bertz CT molecular complexity index is 763. The van der Waals surface area contributed by atoms with Crippen molar-refractivity contribution >= 4 is 46.6 Å². The number of halogens is 1. The van der Waals surface area contributed by atoms with E-state index in [1.807, 2.05) is 38.1 Å². The number of aryl methyl sites for hydroxylation is 2. The van der Waals surface area contributed by atoms with E-state index in [0.29, 0.717) is 5.02 Å². The van der Waals surface area contributed by atoms with Gasteiger partial charge in [-0.2, -0.15) is 0 Å². The molecule has 0 aliphatic carbocycles. The second kappa shape index (κ2) is 8.92. The maximum atomic E-state index is 12.3. The van der Waals surface area contributed by atoms with Crippen molar-refractivity contribution in [2.45, 2.75) is 26.0 Å². The molecule has 2 N–H and O–H groups in total. The van der Waals surface area contributed by atoms with Gasteiger partial charge in [0.15, 0.2) is 0 Å². The SMILES string of the molecule is Cc1ccc(NC(=O)CS[C@@H](C)C(=O)Nc2ccc(Cl)cc2C)cc1. The van der Waals surface area contributed by atoms with Crippen LogP contribution in [0, 0.1) is 13.8 Å². The van der Waals surface area contributed by atoms with Crippen molar-refractivity contribution < 1.29 is 9.59 Å². The molecular formula is C19H21ClN2O2S. The molecule has 4 nitrogen and oxygen atoms in total. The Kier molecular flexibility index (Phi) is 6.91. The van der Waals surface area contributed by atoms with Crippen LogP contribution in [0.1, 0.15) is 18.1 Å². The van der Waals surface area contributed by atoms with Crippen LogP contribution in [0.3, 0.4) is 0 Å². The zero-order valence-corrected chi connectivity index (χ0v) is 16.0. The fraction of sp³-hybridized carbons (Fsp3) is 0.263. The summed E-state index contributed by atoms with van der Waals surface area (Å²) in [6.45, 7) is 5.66. The van der Waals surface area contributed by atoms with Crippen LogP contribution < -0.4 is 10.6 Å². The third-order valence-electron chi connectivity index (χ3n) is 3.62. The molecule has 0 aliphatic heterocycles. The van der Waals surface area contributed by atoms with E-state index in [4.69, 9.17) is 11.6 Å². The Labute approximate surface area is 157 Å². The first-order valence-corrected chi connectivity index (χ1v) is 9.33. The van der Waals surface area contributed by atoms with E-state index in [1.165, 1.54) is 11.8 Å². The predicted octanol–water partition coefficient (Wildman–Crippen LogP) is 4.66. The van der Waals surface area contributed by atoms with Gasteiger partial charge in [0.05, 0.1) is 11.0 Å². The Hall–Kier alpha value is -1.98. The minimum Gasteiger partial charge on any atom is -0.325 e. The van der Waals surface area contributed by atoms with Crippen molar-refractivity contribution in [1.29, 1.82) is 0 Å². The first-order valence-electron chi connectivity index (χ1n) is 7.90. The van der Waals surface area contributed by atoms with Crippen molar-refractivity contribution in [2.75, 3.05) is 16.4 Å². The maximum Gasteiger partial charge on any atom is 0.237 e. The van der Waals surface area contributed by atoms with Crippen LogP contribution in [0.5, 0.6) is 0 Å². The fourth-order valence-electron chi connectivity index (χ4n) is 2.11. The fourth-order valence-corrected chi connectivity index (χ4v) is 3.02. The van der Waals surface area contributed by atoms with Gasteiger partial charge in [0.25, 0.3) is 0 Å². The lowest BCUT2D eigenvalue weighted by atomic mass is 10.2. The standard InChI is InChI=1S/C19H21ClN2O2S/c1-12-4-7-16(8-5-12)21-18(23)11-25-14(3)19(24)22-17-9-6-15(20)10-13(17)2/h4-10,14H,11H2,1-3H3,(H,21,23)(H,22,24)/t14-/m0/s1. The number of hydrogen-bond acceptors (Lipinski definition) is 3.